The molecular weight excluding hydrogens is 510 g/mol. The Morgan fingerprint density at radius 1 is 1.26 bits per heavy atom. The summed E-state index contributed by atoms with van der Waals surface area (Å²) in [5.74, 6) is 0.762. The van der Waals surface area contributed by atoms with Crippen LogP contribution in [0.2, 0.25) is 0 Å². The first-order valence-corrected chi connectivity index (χ1v) is 12.8. The summed E-state index contributed by atoms with van der Waals surface area (Å²) in [4.78, 5) is 13.4. The van der Waals surface area contributed by atoms with Crippen molar-refractivity contribution in [1.29, 1.82) is 0 Å². The lowest BCUT2D eigenvalue weighted by molar-refractivity contribution is -0.0675. The van der Waals surface area contributed by atoms with Gasteiger partial charge < -0.3 is 25.3 Å². The van der Waals surface area contributed by atoms with E-state index in [9.17, 15) is 10.2 Å². The Balaban J connectivity index is 1.29. The largest absolute Gasteiger partial charge is 0.385 e. The number of nitrogen functional groups attached to an aromatic ring is 1. The van der Waals surface area contributed by atoms with Crippen LogP contribution in [0.3, 0.4) is 0 Å². The van der Waals surface area contributed by atoms with Crippen molar-refractivity contribution < 1.29 is 14.9 Å². The first-order valence-electron chi connectivity index (χ1n) is 12.0. The van der Waals surface area contributed by atoms with Crippen LogP contribution in [0.1, 0.15) is 50.1 Å². The molecule has 1 aromatic carbocycles. The zero-order valence-corrected chi connectivity index (χ0v) is 21.2. The molecule has 1 saturated heterocycles. The van der Waals surface area contributed by atoms with Crippen LogP contribution in [0.5, 0.6) is 0 Å². The van der Waals surface area contributed by atoms with Crippen LogP contribution in [0.15, 0.2) is 47.3 Å². The highest BCUT2D eigenvalue weighted by Gasteiger charge is 2.61. The van der Waals surface area contributed by atoms with Crippen molar-refractivity contribution in [2.45, 2.75) is 63.1 Å². The molecule has 1 aliphatic carbocycles. The first kappa shape index (κ1) is 22.8. The fourth-order valence-corrected chi connectivity index (χ4v) is 6.18. The van der Waals surface area contributed by atoms with Crippen LogP contribution in [-0.2, 0) is 11.2 Å². The number of aliphatic hydroxyl groups excluding tert-OH is 1. The molecule has 6 rings (SSSR count). The first-order chi connectivity index (χ1) is 16.8. The van der Waals surface area contributed by atoms with Gasteiger partial charge in [-0.15, -0.1) is 0 Å². The van der Waals surface area contributed by atoms with Gasteiger partial charge in [-0.2, -0.15) is 0 Å². The van der Waals surface area contributed by atoms with E-state index in [0.717, 1.165) is 38.4 Å². The summed E-state index contributed by atoms with van der Waals surface area (Å²) in [6, 6.07) is 10.1. The third-order valence-electron chi connectivity index (χ3n) is 7.63. The van der Waals surface area contributed by atoms with Gasteiger partial charge in [-0.3, -0.25) is 0 Å². The number of pyridine rings is 1. The number of benzene rings is 1. The molecule has 4 N–H and O–H groups in total. The number of ether oxygens (including phenoxy) is 1. The molecule has 2 fully saturated rings. The van der Waals surface area contributed by atoms with Crippen molar-refractivity contribution in [3.63, 3.8) is 0 Å². The van der Waals surface area contributed by atoms with E-state index in [2.05, 4.69) is 50.8 Å². The monoisotopic (exact) mass is 537 g/mol. The number of anilines is 1. The number of aliphatic hydroxyl groups is 2. The van der Waals surface area contributed by atoms with Gasteiger partial charge in [0.2, 0.25) is 0 Å². The van der Waals surface area contributed by atoms with Crippen LogP contribution < -0.4 is 5.73 Å². The highest BCUT2D eigenvalue weighted by Crippen LogP contribution is 2.50. The van der Waals surface area contributed by atoms with Crippen LogP contribution in [0.25, 0.3) is 21.9 Å². The fourth-order valence-electron chi connectivity index (χ4n) is 5.85. The number of fused-ring (bicyclic) bond motifs is 3. The molecule has 0 radical (unpaired) electrons. The van der Waals surface area contributed by atoms with E-state index in [4.69, 9.17) is 10.5 Å². The quantitative estimate of drug-likeness (QED) is 0.358. The predicted octanol–water partition coefficient (Wildman–Crippen LogP) is 4.09. The zero-order chi connectivity index (χ0) is 24.5. The number of nitrogens with two attached hydrogens (primary N) is 1. The smallest absolute Gasteiger partial charge is 0.164 e. The maximum absolute atomic E-state index is 11.5. The molecule has 4 aromatic rings. The molecule has 9 heteroatoms. The minimum atomic E-state index is -1.30. The van der Waals surface area contributed by atoms with E-state index >= 15 is 0 Å². The molecule has 0 bridgehead atoms. The van der Waals surface area contributed by atoms with E-state index in [1.807, 2.05) is 35.0 Å². The molecule has 35 heavy (non-hydrogen) atoms. The van der Waals surface area contributed by atoms with Crippen LogP contribution in [0.4, 0.5) is 5.82 Å². The van der Waals surface area contributed by atoms with E-state index < -0.39 is 24.0 Å². The standard InChI is InChI=1S/C26H28BrN5O3/c1-13(2)20-17-6-8-32(24(17)30-12-29-20)25-21(33)26(34)7-5-16(22(26)35-25)9-14-3-4-15-11-18(27)23(28)31-19(15)10-14/h3-4,6,8,10-13,16,21-22,25,33-34H,5,7,9H2,1-2H3,(H2,28,31)/t16-,21?,22+,25+,26-/m0/s1. The number of hydrogen-bond donors (Lipinski definition) is 3. The van der Waals surface area contributed by atoms with Gasteiger partial charge >= 0.3 is 0 Å². The summed E-state index contributed by atoms with van der Waals surface area (Å²) in [6.07, 6.45) is 3.14. The molecular formula is C26H28BrN5O3. The Labute approximate surface area is 211 Å². The van der Waals surface area contributed by atoms with E-state index in [1.165, 1.54) is 0 Å². The van der Waals surface area contributed by atoms with Crippen molar-refractivity contribution in [2.75, 3.05) is 5.73 Å². The number of aromatic nitrogens is 4. The van der Waals surface area contributed by atoms with Gasteiger partial charge in [0.1, 0.15) is 29.5 Å². The maximum Gasteiger partial charge on any atom is 0.164 e. The summed E-state index contributed by atoms with van der Waals surface area (Å²) < 4.78 is 9.04. The van der Waals surface area contributed by atoms with E-state index in [0.29, 0.717) is 24.3 Å². The molecule has 4 heterocycles. The second kappa shape index (κ2) is 8.23. The Morgan fingerprint density at radius 3 is 2.89 bits per heavy atom. The lowest BCUT2D eigenvalue weighted by Gasteiger charge is -2.26. The van der Waals surface area contributed by atoms with Gasteiger partial charge in [0.25, 0.3) is 0 Å². The molecule has 1 aliphatic heterocycles. The molecule has 3 aromatic heterocycles. The molecule has 0 spiro atoms. The fraction of sp³-hybridized carbons (Fsp3) is 0.423. The number of nitrogens with zero attached hydrogens (tertiary/aromatic N) is 4. The Hall–Kier alpha value is -2.59. The Bertz CT molecular complexity index is 1440. The average Bonchev–Trinajstić information content (AvgIpc) is 3.46. The highest BCUT2D eigenvalue weighted by molar-refractivity contribution is 9.10. The number of rotatable bonds is 4. The third-order valence-corrected chi connectivity index (χ3v) is 8.26. The highest BCUT2D eigenvalue weighted by atomic mass is 79.9. The number of hydrogen-bond acceptors (Lipinski definition) is 7. The van der Waals surface area contributed by atoms with Crippen molar-refractivity contribution >= 4 is 43.7 Å². The van der Waals surface area contributed by atoms with Crippen LogP contribution in [0, 0.1) is 5.92 Å². The normalized spacial score (nSPS) is 28.4. The summed E-state index contributed by atoms with van der Waals surface area (Å²) in [7, 11) is 0. The number of halogens is 1. The van der Waals surface area contributed by atoms with Gasteiger partial charge in [0, 0.05) is 17.0 Å². The van der Waals surface area contributed by atoms with Crippen molar-refractivity contribution in [3.8, 4) is 0 Å². The van der Waals surface area contributed by atoms with Crippen molar-refractivity contribution in [3.05, 3.63) is 58.6 Å². The molecule has 5 atom stereocenters. The van der Waals surface area contributed by atoms with E-state index in [-0.39, 0.29) is 11.8 Å². The van der Waals surface area contributed by atoms with Gasteiger partial charge in [0.05, 0.1) is 21.8 Å². The second-order valence-electron chi connectivity index (χ2n) is 10.1. The van der Waals surface area contributed by atoms with Crippen molar-refractivity contribution in [1.82, 2.24) is 19.5 Å². The van der Waals surface area contributed by atoms with Crippen LogP contribution >= 0.6 is 15.9 Å². The zero-order valence-electron chi connectivity index (χ0n) is 19.6. The van der Waals surface area contributed by atoms with Gasteiger partial charge in [-0.05, 0) is 70.8 Å². The molecule has 1 saturated carbocycles. The van der Waals surface area contributed by atoms with Crippen LogP contribution in [-0.4, -0.2) is 47.5 Å². The third kappa shape index (κ3) is 3.56. The maximum atomic E-state index is 11.5. The summed E-state index contributed by atoms with van der Waals surface area (Å²) in [5.41, 5.74) is 8.27. The molecule has 0 amide bonds. The minimum Gasteiger partial charge on any atom is -0.385 e. The van der Waals surface area contributed by atoms with Gasteiger partial charge in [-0.25, -0.2) is 15.0 Å². The SMILES string of the molecule is CC(C)c1ncnc2c1ccn2[C@@H]1O[C@@H]2[C@H](Cc3ccc4cc(Br)c(N)nc4c3)CC[C@]2(O)C1O. The van der Waals surface area contributed by atoms with Gasteiger partial charge in [0.15, 0.2) is 6.23 Å². The average molecular weight is 538 g/mol. The van der Waals surface area contributed by atoms with Crippen molar-refractivity contribution in [2.24, 2.45) is 5.92 Å². The topological polar surface area (TPSA) is 119 Å². The minimum absolute atomic E-state index is 0.0626. The van der Waals surface area contributed by atoms with E-state index in [1.54, 1.807) is 6.33 Å². The molecule has 2 aliphatic rings. The molecule has 8 nitrogen and oxygen atoms in total. The Morgan fingerprint density at radius 2 is 2.09 bits per heavy atom. The second-order valence-corrected chi connectivity index (χ2v) is 11.0. The predicted molar refractivity (Wildman–Crippen MR) is 137 cm³/mol. The molecule has 182 valence electrons. The molecule has 1 unspecified atom stereocenters. The lowest BCUT2D eigenvalue weighted by Crippen LogP contribution is -2.45. The lowest BCUT2D eigenvalue weighted by atomic mass is 9.90. The summed E-state index contributed by atoms with van der Waals surface area (Å²) in [6.45, 7) is 4.18. The Kier molecular flexibility index (Phi) is 5.37. The summed E-state index contributed by atoms with van der Waals surface area (Å²) in [5, 5.41) is 24.7. The summed E-state index contributed by atoms with van der Waals surface area (Å²) >= 11 is 3.43. The van der Waals surface area contributed by atoms with Gasteiger partial charge in [-0.1, -0.05) is 26.0 Å².